The largest absolute Gasteiger partial charge is 0.314 e. The van der Waals surface area contributed by atoms with Gasteiger partial charge >= 0.3 is 0 Å². The average Bonchev–Trinajstić information content (AvgIpc) is 3.29. The van der Waals surface area contributed by atoms with Crippen molar-refractivity contribution in [2.75, 3.05) is 26.2 Å². The van der Waals surface area contributed by atoms with Crippen LogP contribution in [0, 0.1) is 11.3 Å². The molecule has 3 nitrogen and oxygen atoms in total. The van der Waals surface area contributed by atoms with Crippen molar-refractivity contribution in [2.45, 2.75) is 31.7 Å². The van der Waals surface area contributed by atoms with Crippen LogP contribution in [-0.2, 0) is 0 Å². The molecule has 102 valence electrons. The third-order valence-corrected chi connectivity index (χ3v) is 3.75. The minimum absolute atomic E-state index is 0.0443. The second-order valence-electron chi connectivity index (χ2n) is 5.16. The normalized spacial score (nSPS) is 16.3. The molecule has 1 aromatic rings. The molecule has 0 amide bonds. The topological polar surface area (TPSA) is 39.1 Å². The summed E-state index contributed by atoms with van der Waals surface area (Å²) in [5.74, 6) is -0.0443. The first-order valence-corrected chi connectivity index (χ1v) is 7.24. The van der Waals surface area contributed by atoms with Crippen molar-refractivity contribution in [1.29, 1.82) is 5.26 Å². The third-order valence-electron chi connectivity index (χ3n) is 3.75. The molecular formula is C16H23N3. The molecule has 1 N–H and O–H groups in total. The van der Waals surface area contributed by atoms with Gasteiger partial charge in [-0.2, -0.15) is 5.26 Å². The summed E-state index contributed by atoms with van der Waals surface area (Å²) in [5.41, 5.74) is 1.10. The molecule has 0 bridgehead atoms. The molecule has 1 atom stereocenters. The van der Waals surface area contributed by atoms with Crippen LogP contribution >= 0.6 is 0 Å². The first-order valence-electron chi connectivity index (χ1n) is 7.24. The van der Waals surface area contributed by atoms with Crippen LogP contribution in [0.25, 0.3) is 0 Å². The summed E-state index contributed by atoms with van der Waals surface area (Å²) in [7, 11) is 0. The van der Waals surface area contributed by atoms with Crippen LogP contribution in [0.5, 0.6) is 0 Å². The van der Waals surface area contributed by atoms with Gasteiger partial charge in [-0.3, -0.25) is 4.90 Å². The lowest BCUT2D eigenvalue weighted by molar-refractivity contribution is 0.277. The van der Waals surface area contributed by atoms with Crippen molar-refractivity contribution in [3.05, 3.63) is 35.9 Å². The molecule has 0 heterocycles. The molecule has 1 aliphatic carbocycles. The van der Waals surface area contributed by atoms with Gasteiger partial charge in [-0.1, -0.05) is 37.3 Å². The Kier molecular flexibility index (Phi) is 5.38. The Bertz CT molecular complexity index is 406. The van der Waals surface area contributed by atoms with Crippen LogP contribution in [0.3, 0.4) is 0 Å². The van der Waals surface area contributed by atoms with Crippen LogP contribution in [0.4, 0.5) is 0 Å². The summed E-state index contributed by atoms with van der Waals surface area (Å²) in [6, 6.07) is 13.2. The molecule has 1 unspecified atom stereocenters. The summed E-state index contributed by atoms with van der Waals surface area (Å²) >= 11 is 0. The number of hydrogen-bond acceptors (Lipinski definition) is 3. The van der Waals surface area contributed by atoms with E-state index in [1.165, 1.54) is 12.8 Å². The van der Waals surface area contributed by atoms with Crippen LogP contribution in [0.15, 0.2) is 30.3 Å². The zero-order valence-corrected chi connectivity index (χ0v) is 11.7. The van der Waals surface area contributed by atoms with Gasteiger partial charge < -0.3 is 5.32 Å². The first-order chi connectivity index (χ1) is 9.35. The minimum Gasteiger partial charge on any atom is -0.314 e. The molecule has 0 aliphatic heterocycles. The Morgan fingerprint density at radius 3 is 2.68 bits per heavy atom. The smallest absolute Gasteiger partial charge is 0.0837 e. The van der Waals surface area contributed by atoms with E-state index in [4.69, 9.17) is 0 Å². The van der Waals surface area contributed by atoms with Crippen molar-refractivity contribution < 1.29 is 0 Å². The maximum absolute atomic E-state index is 9.23. The third kappa shape index (κ3) is 4.34. The Labute approximate surface area is 116 Å². The van der Waals surface area contributed by atoms with Gasteiger partial charge in [0, 0.05) is 25.7 Å². The number of nitriles is 1. The van der Waals surface area contributed by atoms with Crippen molar-refractivity contribution in [2.24, 2.45) is 0 Å². The number of rotatable bonds is 8. The van der Waals surface area contributed by atoms with Gasteiger partial charge in [0.15, 0.2) is 0 Å². The van der Waals surface area contributed by atoms with E-state index in [2.05, 4.69) is 23.2 Å². The van der Waals surface area contributed by atoms with Gasteiger partial charge in [0.1, 0.15) is 0 Å². The van der Waals surface area contributed by atoms with Crippen molar-refractivity contribution >= 4 is 0 Å². The van der Waals surface area contributed by atoms with Gasteiger partial charge in [-0.25, -0.2) is 0 Å². The fraction of sp³-hybridized carbons (Fsp3) is 0.562. The number of nitrogens with zero attached hydrogens (tertiary/aromatic N) is 2. The second kappa shape index (κ2) is 7.28. The summed E-state index contributed by atoms with van der Waals surface area (Å²) in [4.78, 5) is 2.52. The number of likely N-dealkylation sites (N-methyl/N-ethyl adjacent to an activating group) is 1. The lowest BCUT2D eigenvalue weighted by Gasteiger charge is -2.20. The highest BCUT2D eigenvalue weighted by Crippen LogP contribution is 2.25. The molecule has 3 heteroatoms. The zero-order valence-electron chi connectivity index (χ0n) is 11.7. The second-order valence-corrected chi connectivity index (χ2v) is 5.16. The molecular weight excluding hydrogens is 234 g/mol. The van der Waals surface area contributed by atoms with Gasteiger partial charge in [-0.05, 0) is 24.9 Å². The first kappa shape index (κ1) is 14.0. The summed E-state index contributed by atoms with van der Waals surface area (Å²) < 4.78 is 0. The fourth-order valence-corrected chi connectivity index (χ4v) is 2.43. The fourth-order valence-electron chi connectivity index (χ4n) is 2.43. The van der Waals surface area contributed by atoms with E-state index < -0.39 is 0 Å². The van der Waals surface area contributed by atoms with E-state index in [0.29, 0.717) is 0 Å². The SMILES string of the molecule is CCN(CCNCC(C#N)c1ccccc1)C1CC1. The van der Waals surface area contributed by atoms with Crippen LogP contribution < -0.4 is 5.32 Å². The van der Waals surface area contributed by atoms with Crippen molar-refractivity contribution in [1.82, 2.24) is 10.2 Å². The Morgan fingerprint density at radius 1 is 1.37 bits per heavy atom. The Morgan fingerprint density at radius 2 is 2.11 bits per heavy atom. The Hall–Kier alpha value is -1.37. The highest BCUT2D eigenvalue weighted by atomic mass is 15.2. The van der Waals surface area contributed by atoms with Gasteiger partial charge in [0.05, 0.1) is 12.0 Å². The summed E-state index contributed by atoms with van der Waals surface area (Å²) in [5, 5.41) is 12.7. The van der Waals surface area contributed by atoms with Crippen molar-refractivity contribution in [3.63, 3.8) is 0 Å². The van der Waals surface area contributed by atoms with Gasteiger partial charge in [0.2, 0.25) is 0 Å². The molecule has 0 spiro atoms. The lowest BCUT2D eigenvalue weighted by atomic mass is 10.0. The standard InChI is InChI=1S/C16H23N3/c1-2-19(16-8-9-16)11-10-18-13-15(12-17)14-6-4-3-5-7-14/h3-7,15-16,18H,2,8-11,13H2,1H3. The molecule has 1 saturated carbocycles. The zero-order chi connectivity index (χ0) is 13.5. The van der Waals surface area contributed by atoms with E-state index in [0.717, 1.165) is 37.8 Å². The maximum atomic E-state index is 9.23. The monoisotopic (exact) mass is 257 g/mol. The number of nitrogens with one attached hydrogen (secondary N) is 1. The van der Waals surface area contributed by atoms with E-state index in [1.807, 2.05) is 30.3 Å². The van der Waals surface area contributed by atoms with Gasteiger partial charge in [0.25, 0.3) is 0 Å². The predicted octanol–water partition coefficient (Wildman–Crippen LogP) is 2.37. The molecule has 2 rings (SSSR count). The highest BCUT2D eigenvalue weighted by Gasteiger charge is 2.27. The molecule has 0 saturated heterocycles. The molecule has 1 aromatic carbocycles. The van der Waals surface area contributed by atoms with E-state index in [1.54, 1.807) is 0 Å². The number of benzene rings is 1. The van der Waals surface area contributed by atoms with Gasteiger partial charge in [-0.15, -0.1) is 0 Å². The van der Waals surface area contributed by atoms with E-state index in [9.17, 15) is 5.26 Å². The van der Waals surface area contributed by atoms with Crippen molar-refractivity contribution in [3.8, 4) is 6.07 Å². The molecule has 1 aliphatic rings. The van der Waals surface area contributed by atoms with E-state index in [-0.39, 0.29) is 5.92 Å². The number of hydrogen-bond donors (Lipinski definition) is 1. The van der Waals surface area contributed by atoms with Crippen LogP contribution in [0.1, 0.15) is 31.2 Å². The van der Waals surface area contributed by atoms with Crippen LogP contribution in [0.2, 0.25) is 0 Å². The summed E-state index contributed by atoms with van der Waals surface area (Å²) in [6.45, 7) is 6.15. The quantitative estimate of drug-likeness (QED) is 0.727. The molecule has 1 fully saturated rings. The summed E-state index contributed by atoms with van der Waals surface area (Å²) in [6.07, 6.45) is 2.72. The lowest BCUT2D eigenvalue weighted by Crippen LogP contribution is -2.34. The van der Waals surface area contributed by atoms with Crippen LogP contribution in [-0.4, -0.2) is 37.1 Å². The predicted molar refractivity (Wildman–Crippen MR) is 77.9 cm³/mol. The Balaban J connectivity index is 1.70. The minimum atomic E-state index is -0.0443. The maximum Gasteiger partial charge on any atom is 0.0837 e. The molecule has 0 aromatic heterocycles. The highest BCUT2D eigenvalue weighted by molar-refractivity contribution is 5.24. The average molecular weight is 257 g/mol. The molecule has 0 radical (unpaired) electrons. The molecule has 19 heavy (non-hydrogen) atoms. The van der Waals surface area contributed by atoms with E-state index >= 15 is 0 Å².